The van der Waals surface area contributed by atoms with E-state index >= 15 is 0 Å². The summed E-state index contributed by atoms with van der Waals surface area (Å²) in [5.74, 6) is 0.990. The molecular formula is C5H4F4. The number of rotatable bonds is 0. The summed E-state index contributed by atoms with van der Waals surface area (Å²) in [6, 6.07) is 0. The van der Waals surface area contributed by atoms with Crippen molar-refractivity contribution in [3.63, 3.8) is 0 Å². The normalized spacial score (nSPS) is 18.2. The molecule has 0 aromatic heterocycles. The lowest BCUT2D eigenvalue weighted by Crippen LogP contribution is -2.35. The van der Waals surface area contributed by atoms with Crippen molar-refractivity contribution >= 4 is 0 Å². The summed E-state index contributed by atoms with van der Waals surface area (Å²) in [5.41, 5.74) is -3.49. The zero-order chi connectivity index (χ0) is 7.71. The molecule has 1 unspecified atom stereocenters. The summed E-state index contributed by atoms with van der Waals surface area (Å²) < 4.78 is 45.9. The Kier molecular flexibility index (Phi) is 1.75. The van der Waals surface area contributed by atoms with Gasteiger partial charge in [0.2, 0.25) is 0 Å². The third kappa shape index (κ3) is 1.60. The molecule has 0 aromatic carbocycles. The first-order valence-corrected chi connectivity index (χ1v) is 2.04. The van der Waals surface area contributed by atoms with Crippen molar-refractivity contribution in [2.24, 2.45) is 0 Å². The Hall–Kier alpha value is -0.720. The lowest BCUT2D eigenvalue weighted by atomic mass is 10.1. The molecule has 0 saturated carbocycles. The maximum atomic E-state index is 12.0. The molecule has 9 heavy (non-hydrogen) atoms. The van der Waals surface area contributed by atoms with Gasteiger partial charge in [-0.15, -0.1) is 6.42 Å². The summed E-state index contributed by atoms with van der Waals surface area (Å²) >= 11 is 0. The van der Waals surface area contributed by atoms with Gasteiger partial charge in [-0.2, -0.15) is 13.2 Å². The molecule has 0 fully saturated rings. The van der Waals surface area contributed by atoms with E-state index in [1.165, 1.54) is 0 Å². The summed E-state index contributed by atoms with van der Waals surface area (Å²) in [5, 5.41) is 0. The molecule has 0 bridgehead atoms. The molecule has 0 aliphatic heterocycles. The molecule has 0 saturated heterocycles. The average Bonchev–Trinajstić information content (AvgIpc) is 1.64. The fourth-order valence-electron chi connectivity index (χ4n) is 0.0818. The summed E-state index contributed by atoms with van der Waals surface area (Å²) in [7, 11) is 0. The van der Waals surface area contributed by atoms with Crippen LogP contribution in [-0.4, -0.2) is 11.8 Å². The van der Waals surface area contributed by atoms with Gasteiger partial charge in [-0.05, 0) is 6.92 Å². The lowest BCUT2D eigenvalue weighted by molar-refractivity contribution is -0.201. The molecule has 0 radical (unpaired) electrons. The summed E-state index contributed by atoms with van der Waals surface area (Å²) in [6.07, 6.45) is -0.709. The predicted molar refractivity (Wildman–Crippen MR) is 24.4 cm³/mol. The highest BCUT2D eigenvalue weighted by atomic mass is 19.4. The first kappa shape index (κ1) is 8.28. The van der Waals surface area contributed by atoms with Crippen molar-refractivity contribution in [2.75, 3.05) is 0 Å². The van der Waals surface area contributed by atoms with Crippen LogP contribution < -0.4 is 0 Å². The van der Waals surface area contributed by atoms with Crippen LogP contribution in [0, 0.1) is 12.3 Å². The molecular weight excluding hydrogens is 136 g/mol. The highest BCUT2D eigenvalue weighted by molar-refractivity contribution is 5.09. The van der Waals surface area contributed by atoms with Crippen LogP contribution in [0.15, 0.2) is 0 Å². The largest absolute Gasteiger partial charge is 0.433 e. The fraction of sp³-hybridized carbons (Fsp3) is 0.600. The maximum Gasteiger partial charge on any atom is 0.433 e. The minimum Gasteiger partial charge on any atom is -0.220 e. The maximum absolute atomic E-state index is 12.0. The van der Waals surface area contributed by atoms with Gasteiger partial charge in [0.25, 0.3) is 5.67 Å². The first-order chi connectivity index (χ1) is 3.81. The van der Waals surface area contributed by atoms with Crippen LogP contribution in [0.2, 0.25) is 0 Å². The lowest BCUT2D eigenvalue weighted by Gasteiger charge is -2.16. The molecule has 0 aromatic rings. The molecule has 0 spiro atoms. The van der Waals surface area contributed by atoms with Gasteiger partial charge >= 0.3 is 6.18 Å². The van der Waals surface area contributed by atoms with Crippen LogP contribution >= 0.6 is 0 Å². The van der Waals surface area contributed by atoms with Gasteiger partial charge in [0.15, 0.2) is 0 Å². The van der Waals surface area contributed by atoms with E-state index in [2.05, 4.69) is 6.42 Å². The van der Waals surface area contributed by atoms with E-state index in [0.29, 0.717) is 6.92 Å². The van der Waals surface area contributed by atoms with Crippen molar-refractivity contribution in [1.29, 1.82) is 0 Å². The quantitative estimate of drug-likeness (QED) is 0.356. The van der Waals surface area contributed by atoms with Crippen LogP contribution in [-0.2, 0) is 0 Å². The Bertz CT molecular complexity index is 136. The highest BCUT2D eigenvalue weighted by Gasteiger charge is 2.50. The Morgan fingerprint density at radius 3 is 1.56 bits per heavy atom. The van der Waals surface area contributed by atoms with Crippen LogP contribution in [0.4, 0.5) is 17.6 Å². The van der Waals surface area contributed by atoms with E-state index in [1.54, 1.807) is 0 Å². The molecule has 1 atom stereocenters. The van der Waals surface area contributed by atoms with Gasteiger partial charge in [0, 0.05) is 0 Å². The number of halogens is 4. The molecule has 0 N–H and O–H groups in total. The summed E-state index contributed by atoms with van der Waals surface area (Å²) in [4.78, 5) is 0. The van der Waals surface area contributed by atoms with Crippen LogP contribution in [0.1, 0.15) is 6.92 Å². The van der Waals surface area contributed by atoms with Crippen molar-refractivity contribution in [2.45, 2.75) is 18.8 Å². The predicted octanol–water partition coefficient (Wildman–Crippen LogP) is 1.91. The Morgan fingerprint density at radius 2 is 1.56 bits per heavy atom. The molecule has 0 heterocycles. The standard InChI is InChI=1S/C5H4F4/c1-3-4(2,6)5(7,8)9/h1H,2H3. The monoisotopic (exact) mass is 140 g/mol. The Labute approximate surface area is 49.9 Å². The van der Waals surface area contributed by atoms with Crippen molar-refractivity contribution in [3.8, 4) is 12.3 Å². The van der Waals surface area contributed by atoms with E-state index in [9.17, 15) is 17.6 Å². The van der Waals surface area contributed by atoms with Gasteiger partial charge < -0.3 is 0 Å². The Morgan fingerprint density at radius 1 is 1.22 bits per heavy atom. The smallest absolute Gasteiger partial charge is 0.220 e. The SMILES string of the molecule is C#CC(C)(F)C(F)(F)F. The molecule has 4 heteroatoms. The fourth-order valence-corrected chi connectivity index (χ4v) is 0.0818. The third-order valence-corrected chi connectivity index (χ3v) is 0.803. The van der Waals surface area contributed by atoms with E-state index in [4.69, 9.17) is 0 Å². The average molecular weight is 140 g/mol. The van der Waals surface area contributed by atoms with Crippen molar-refractivity contribution < 1.29 is 17.6 Å². The second-order valence-corrected chi connectivity index (χ2v) is 1.65. The summed E-state index contributed by atoms with van der Waals surface area (Å²) in [6.45, 7) is 0.299. The number of alkyl halides is 4. The molecule has 0 amide bonds. The highest BCUT2D eigenvalue weighted by Crippen LogP contribution is 2.32. The van der Waals surface area contributed by atoms with Crippen molar-refractivity contribution in [1.82, 2.24) is 0 Å². The minimum atomic E-state index is -4.96. The van der Waals surface area contributed by atoms with Crippen molar-refractivity contribution in [3.05, 3.63) is 0 Å². The van der Waals surface area contributed by atoms with Crippen LogP contribution in [0.5, 0.6) is 0 Å². The first-order valence-electron chi connectivity index (χ1n) is 2.04. The number of hydrogen-bond acceptors (Lipinski definition) is 0. The molecule has 0 aliphatic carbocycles. The van der Waals surface area contributed by atoms with Gasteiger partial charge in [-0.3, -0.25) is 0 Å². The zero-order valence-corrected chi connectivity index (χ0v) is 4.59. The zero-order valence-electron chi connectivity index (χ0n) is 4.59. The Balaban J connectivity index is 4.39. The number of terminal acetylenes is 1. The molecule has 0 rings (SSSR count). The number of hydrogen-bond donors (Lipinski definition) is 0. The van der Waals surface area contributed by atoms with E-state index < -0.39 is 11.8 Å². The second-order valence-electron chi connectivity index (χ2n) is 1.65. The van der Waals surface area contributed by atoms with E-state index in [-0.39, 0.29) is 0 Å². The molecule has 0 nitrogen and oxygen atoms in total. The molecule has 0 aliphatic rings. The van der Waals surface area contributed by atoms with Crippen LogP contribution in [0.25, 0.3) is 0 Å². The van der Waals surface area contributed by atoms with Gasteiger partial charge in [0.1, 0.15) is 0 Å². The minimum absolute atomic E-state index is 0.299. The second kappa shape index (κ2) is 1.90. The van der Waals surface area contributed by atoms with E-state index in [1.807, 2.05) is 0 Å². The van der Waals surface area contributed by atoms with Gasteiger partial charge in [-0.25, -0.2) is 4.39 Å². The van der Waals surface area contributed by atoms with Gasteiger partial charge in [-0.1, -0.05) is 5.92 Å². The van der Waals surface area contributed by atoms with Crippen LogP contribution in [0.3, 0.4) is 0 Å². The third-order valence-electron chi connectivity index (χ3n) is 0.803. The van der Waals surface area contributed by atoms with E-state index in [0.717, 1.165) is 5.92 Å². The van der Waals surface area contributed by atoms with Gasteiger partial charge in [0.05, 0.1) is 0 Å². The topological polar surface area (TPSA) is 0 Å². The molecule has 52 valence electrons.